The maximum atomic E-state index is 11.4. The number of rotatable bonds is 4. The summed E-state index contributed by atoms with van der Waals surface area (Å²) in [5, 5.41) is 9.24. The SMILES string of the molecule is CCN(C(C)=O)C(C(=O)O)c1ccc(Br)cc1. The van der Waals surface area contributed by atoms with Gasteiger partial charge in [-0.15, -0.1) is 0 Å². The lowest BCUT2D eigenvalue weighted by atomic mass is 10.1. The molecule has 5 heteroatoms. The van der Waals surface area contributed by atoms with E-state index in [4.69, 9.17) is 0 Å². The molecule has 0 aliphatic carbocycles. The molecule has 1 atom stereocenters. The fraction of sp³-hybridized carbons (Fsp3) is 0.333. The van der Waals surface area contributed by atoms with Gasteiger partial charge in [0.25, 0.3) is 0 Å². The highest BCUT2D eigenvalue weighted by atomic mass is 79.9. The summed E-state index contributed by atoms with van der Waals surface area (Å²) >= 11 is 3.29. The summed E-state index contributed by atoms with van der Waals surface area (Å²) in [5.74, 6) is -1.27. The molecule has 0 aliphatic rings. The number of carbonyl (C=O) groups excluding carboxylic acids is 1. The fourth-order valence-electron chi connectivity index (χ4n) is 1.69. The minimum atomic E-state index is -1.02. The first-order valence-electron chi connectivity index (χ1n) is 5.22. The van der Waals surface area contributed by atoms with E-state index in [2.05, 4.69) is 15.9 Å². The van der Waals surface area contributed by atoms with Gasteiger partial charge in [-0.2, -0.15) is 0 Å². The quantitative estimate of drug-likeness (QED) is 0.929. The first-order valence-corrected chi connectivity index (χ1v) is 6.02. The van der Waals surface area contributed by atoms with Crippen LogP contribution in [0.15, 0.2) is 28.7 Å². The third kappa shape index (κ3) is 3.30. The van der Waals surface area contributed by atoms with Crippen LogP contribution in [0.4, 0.5) is 0 Å². The van der Waals surface area contributed by atoms with Gasteiger partial charge in [-0.3, -0.25) is 4.79 Å². The molecular weight excluding hydrogens is 286 g/mol. The first kappa shape index (κ1) is 13.7. The molecule has 0 radical (unpaired) electrons. The zero-order valence-corrected chi connectivity index (χ0v) is 11.3. The minimum absolute atomic E-state index is 0.247. The monoisotopic (exact) mass is 299 g/mol. The molecule has 0 aromatic heterocycles. The van der Waals surface area contributed by atoms with Gasteiger partial charge in [0, 0.05) is 17.9 Å². The zero-order valence-electron chi connectivity index (χ0n) is 9.68. The van der Waals surface area contributed by atoms with Crippen molar-refractivity contribution in [3.63, 3.8) is 0 Å². The van der Waals surface area contributed by atoms with E-state index in [1.807, 2.05) is 0 Å². The molecule has 1 rings (SSSR count). The molecule has 1 aromatic rings. The number of halogens is 1. The average molecular weight is 300 g/mol. The molecule has 0 fully saturated rings. The Morgan fingerprint density at radius 3 is 2.24 bits per heavy atom. The van der Waals surface area contributed by atoms with Gasteiger partial charge < -0.3 is 10.0 Å². The van der Waals surface area contributed by atoms with Gasteiger partial charge in [-0.1, -0.05) is 28.1 Å². The predicted molar refractivity (Wildman–Crippen MR) is 67.6 cm³/mol. The Kier molecular flexibility index (Phi) is 4.69. The molecule has 1 amide bonds. The van der Waals surface area contributed by atoms with E-state index in [0.29, 0.717) is 12.1 Å². The van der Waals surface area contributed by atoms with Crippen molar-refractivity contribution in [1.82, 2.24) is 4.90 Å². The molecule has 0 spiro atoms. The van der Waals surface area contributed by atoms with Gasteiger partial charge in [0.05, 0.1) is 0 Å². The highest BCUT2D eigenvalue weighted by Gasteiger charge is 2.27. The van der Waals surface area contributed by atoms with Gasteiger partial charge in [-0.05, 0) is 24.6 Å². The van der Waals surface area contributed by atoms with E-state index in [0.717, 1.165) is 4.47 Å². The molecule has 0 bridgehead atoms. The number of aliphatic carboxylic acids is 1. The van der Waals surface area contributed by atoms with Crippen LogP contribution in [0, 0.1) is 0 Å². The Hall–Kier alpha value is -1.36. The highest BCUT2D eigenvalue weighted by Crippen LogP contribution is 2.23. The maximum Gasteiger partial charge on any atom is 0.331 e. The van der Waals surface area contributed by atoms with E-state index in [1.165, 1.54) is 11.8 Å². The lowest BCUT2D eigenvalue weighted by molar-refractivity contribution is -0.149. The number of nitrogens with zero attached hydrogens (tertiary/aromatic N) is 1. The largest absolute Gasteiger partial charge is 0.479 e. The molecule has 1 N–H and O–H groups in total. The molecule has 1 unspecified atom stereocenters. The molecular formula is C12H14BrNO3. The van der Waals surface area contributed by atoms with Crippen molar-refractivity contribution in [3.8, 4) is 0 Å². The van der Waals surface area contributed by atoms with Crippen LogP contribution in [-0.4, -0.2) is 28.4 Å². The molecule has 17 heavy (non-hydrogen) atoms. The lowest BCUT2D eigenvalue weighted by Crippen LogP contribution is -2.37. The number of hydrogen-bond acceptors (Lipinski definition) is 2. The Balaban J connectivity index is 3.12. The Morgan fingerprint density at radius 2 is 1.88 bits per heavy atom. The molecule has 1 aromatic carbocycles. The van der Waals surface area contributed by atoms with Crippen LogP contribution in [-0.2, 0) is 9.59 Å². The summed E-state index contributed by atoms with van der Waals surface area (Å²) in [7, 11) is 0. The van der Waals surface area contributed by atoms with E-state index in [-0.39, 0.29) is 5.91 Å². The van der Waals surface area contributed by atoms with Crippen molar-refractivity contribution in [2.45, 2.75) is 19.9 Å². The number of hydrogen-bond donors (Lipinski definition) is 1. The van der Waals surface area contributed by atoms with Crippen LogP contribution < -0.4 is 0 Å². The molecule has 0 heterocycles. The average Bonchev–Trinajstić information content (AvgIpc) is 2.26. The Morgan fingerprint density at radius 1 is 1.35 bits per heavy atom. The van der Waals surface area contributed by atoms with Gasteiger partial charge in [0.2, 0.25) is 5.91 Å². The van der Waals surface area contributed by atoms with Gasteiger partial charge in [-0.25, -0.2) is 4.79 Å². The summed E-state index contributed by atoms with van der Waals surface area (Å²) in [6.07, 6.45) is 0. The van der Waals surface area contributed by atoms with Gasteiger partial charge in [0.1, 0.15) is 0 Å². The maximum absolute atomic E-state index is 11.4. The minimum Gasteiger partial charge on any atom is -0.479 e. The topological polar surface area (TPSA) is 57.6 Å². The number of carboxylic acids is 1. The van der Waals surface area contributed by atoms with Crippen LogP contribution in [0.25, 0.3) is 0 Å². The number of amides is 1. The summed E-state index contributed by atoms with van der Waals surface area (Å²) in [4.78, 5) is 24.0. The Labute approximate surface area is 108 Å². The predicted octanol–water partition coefficient (Wildman–Crippen LogP) is 2.44. The van der Waals surface area contributed by atoms with Crippen LogP contribution in [0.3, 0.4) is 0 Å². The summed E-state index contributed by atoms with van der Waals surface area (Å²) < 4.78 is 0.872. The van der Waals surface area contributed by atoms with Gasteiger partial charge in [0.15, 0.2) is 6.04 Å². The van der Waals surface area contributed by atoms with Crippen molar-refractivity contribution >= 4 is 27.8 Å². The standard InChI is InChI=1S/C12H14BrNO3/c1-3-14(8(2)15)11(12(16)17)9-4-6-10(13)7-5-9/h4-7,11H,3H2,1-2H3,(H,16,17). The zero-order chi connectivity index (χ0) is 13.0. The van der Waals surface area contributed by atoms with Crippen LogP contribution in [0.1, 0.15) is 25.5 Å². The summed E-state index contributed by atoms with van der Waals surface area (Å²) in [5.41, 5.74) is 0.595. The van der Waals surface area contributed by atoms with E-state index < -0.39 is 12.0 Å². The number of benzene rings is 1. The van der Waals surface area contributed by atoms with Crippen molar-refractivity contribution in [2.24, 2.45) is 0 Å². The third-order valence-electron chi connectivity index (χ3n) is 2.48. The molecule has 0 saturated carbocycles. The smallest absolute Gasteiger partial charge is 0.331 e. The second-order valence-electron chi connectivity index (χ2n) is 3.60. The van der Waals surface area contributed by atoms with E-state index in [9.17, 15) is 14.7 Å². The van der Waals surface area contributed by atoms with Crippen molar-refractivity contribution < 1.29 is 14.7 Å². The van der Waals surface area contributed by atoms with Crippen LogP contribution in [0.2, 0.25) is 0 Å². The van der Waals surface area contributed by atoms with Crippen LogP contribution >= 0.6 is 15.9 Å². The second kappa shape index (κ2) is 5.82. The third-order valence-corrected chi connectivity index (χ3v) is 3.01. The van der Waals surface area contributed by atoms with E-state index >= 15 is 0 Å². The van der Waals surface area contributed by atoms with Crippen LogP contribution in [0.5, 0.6) is 0 Å². The molecule has 92 valence electrons. The number of likely N-dealkylation sites (N-methyl/N-ethyl adjacent to an activating group) is 1. The summed E-state index contributed by atoms with van der Waals surface area (Å²) in [6.45, 7) is 3.50. The number of carboxylic acid groups (broad SMARTS) is 1. The molecule has 0 aliphatic heterocycles. The van der Waals surface area contributed by atoms with E-state index in [1.54, 1.807) is 31.2 Å². The second-order valence-corrected chi connectivity index (χ2v) is 4.51. The van der Waals surface area contributed by atoms with Crippen molar-refractivity contribution in [3.05, 3.63) is 34.3 Å². The first-order chi connectivity index (χ1) is 7.97. The van der Waals surface area contributed by atoms with Crippen molar-refractivity contribution in [1.29, 1.82) is 0 Å². The Bertz CT molecular complexity index is 416. The molecule has 4 nitrogen and oxygen atoms in total. The number of carbonyl (C=O) groups is 2. The highest BCUT2D eigenvalue weighted by molar-refractivity contribution is 9.10. The lowest BCUT2D eigenvalue weighted by Gasteiger charge is -2.26. The van der Waals surface area contributed by atoms with Gasteiger partial charge >= 0.3 is 5.97 Å². The fourth-order valence-corrected chi connectivity index (χ4v) is 1.95. The summed E-state index contributed by atoms with van der Waals surface area (Å²) in [6, 6.07) is 6.01. The molecule has 0 saturated heterocycles. The normalized spacial score (nSPS) is 11.9. The van der Waals surface area contributed by atoms with Crippen molar-refractivity contribution in [2.75, 3.05) is 6.54 Å².